The van der Waals surface area contributed by atoms with Crippen molar-refractivity contribution in [3.63, 3.8) is 0 Å². The number of carbonyl (C=O) groups is 1. The van der Waals surface area contributed by atoms with Crippen LogP contribution in [0.2, 0.25) is 0 Å². The lowest BCUT2D eigenvalue weighted by atomic mass is 9.77. The average Bonchev–Trinajstić information content (AvgIpc) is 3.11. The van der Waals surface area contributed by atoms with Gasteiger partial charge >= 0.3 is 0 Å². The summed E-state index contributed by atoms with van der Waals surface area (Å²) in [5, 5.41) is 0.963. The molecule has 1 saturated heterocycles. The number of aromatic nitrogens is 3. The van der Waals surface area contributed by atoms with Crippen molar-refractivity contribution in [2.75, 3.05) is 32.1 Å². The van der Waals surface area contributed by atoms with E-state index in [1.54, 1.807) is 6.20 Å². The summed E-state index contributed by atoms with van der Waals surface area (Å²) in [6.07, 6.45) is 5.20. The molecule has 0 saturated carbocycles. The second-order valence-corrected chi connectivity index (χ2v) is 8.63. The van der Waals surface area contributed by atoms with Crippen LogP contribution >= 0.6 is 0 Å². The zero-order chi connectivity index (χ0) is 20.9. The average molecular weight is 403 g/mol. The summed E-state index contributed by atoms with van der Waals surface area (Å²) in [7, 11) is 3.75. The predicted molar refractivity (Wildman–Crippen MR) is 116 cm³/mol. The third kappa shape index (κ3) is 2.96. The van der Waals surface area contributed by atoms with Crippen molar-refractivity contribution < 1.29 is 4.79 Å². The van der Waals surface area contributed by atoms with Crippen LogP contribution in [0.25, 0.3) is 10.9 Å². The summed E-state index contributed by atoms with van der Waals surface area (Å²) in [4.78, 5) is 41.8. The molecule has 30 heavy (non-hydrogen) atoms. The maximum atomic E-state index is 13.3. The van der Waals surface area contributed by atoms with E-state index in [0.717, 1.165) is 54.4 Å². The van der Waals surface area contributed by atoms with Crippen molar-refractivity contribution in [2.24, 2.45) is 0 Å². The van der Waals surface area contributed by atoms with Crippen LogP contribution in [0.3, 0.4) is 0 Å². The minimum Gasteiger partial charge on any atom is -0.348 e. The number of carbonyl (C=O) groups excluding carboxylic acids is 1. The molecule has 0 radical (unpaired) electrons. The highest BCUT2D eigenvalue weighted by atomic mass is 16.2. The number of H-pyrrole nitrogens is 1. The minimum atomic E-state index is -0.235. The molecule has 3 heterocycles. The lowest BCUT2D eigenvalue weighted by Gasteiger charge is -2.40. The molecule has 1 N–H and O–H groups in total. The van der Waals surface area contributed by atoms with Crippen LogP contribution in [0.5, 0.6) is 0 Å². The first-order chi connectivity index (χ1) is 14.5. The molecule has 1 aromatic carbocycles. The van der Waals surface area contributed by atoms with Crippen LogP contribution in [0.15, 0.2) is 41.3 Å². The van der Waals surface area contributed by atoms with E-state index < -0.39 is 0 Å². The fraction of sp³-hybridized carbons (Fsp3) is 0.391. The standard InChI is InChI=1S/C23H25N5O2/c1-27(2)22-25-19-17(20(29)26-22)8-10-23(19)9-4-12-28(14-23)21(30)16-6-7-18-15(13-16)5-3-11-24-18/h3,5-7,11,13H,4,8-10,12,14H2,1-2H3,(H,25,26,29). The number of likely N-dealkylation sites (tertiary alicyclic amines) is 1. The van der Waals surface area contributed by atoms with E-state index in [-0.39, 0.29) is 16.9 Å². The number of hydrogen-bond donors (Lipinski definition) is 1. The predicted octanol–water partition coefficient (Wildman–Crippen LogP) is 2.50. The lowest BCUT2D eigenvalue weighted by molar-refractivity contribution is 0.0633. The van der Waals surface area contributed by atoms with Crippen molar-refractivity contribution in [3.8, 4) is 0 Å². The molecule has 1 spiro atoms. The molecule has 7 nitrogen and oxygen atoms in total. The fourth-order valence-corrected chi connectivity index (χ4v) is 4.94. The number of fused-ring (bicyclic) bond motifs is 3. The molecule has 5 rings (SSSR count). The second-order valence-electron chi connectivity index (χ2n) is 8.63. The largest absolute Gasteiger partial charge is 0.348 e. The minimum absolute atomic E-state index is 0.0333. The Morgan fingerprint density at radius 1 is 1.23 bits per heavy atom. The zero-order valence-electron chi connectivity index (χ0n) is 17.3. The van der Waals surface area contributed by atoms with Gasteiger partial charge in [0.05, 0.1) is 11.2 Å². The lowest BCUT2D eigenvalue weighted by Crippen LogP contribution is -2.48. The first-order valence-corrected chi connectivity index (χ1v) is 10.4. The molecule has 154 valence electrons. The monoisotopic (exact) mass is 403 g/mol. The van der Waals surface area contributed by atoms with Gasteiger partial charge in [-0.25, -0.2) is 4.98 Å². The topological polar surface area (TPSA) is 82.2 Å². The quantitative estimate of drug-likeness (QED) is 0.711. The maximum absolute atomic E-state index is 13.3. The Balaban J connectivity index is 1.48. The van der Waals surface area contributed by atoms with Gasteiger partial charge in [0, 0.05) is 55.3 Å². The number of rotatable bonds is 2. The van der Waals surface area contributed by atoms with Gasteiger partial charge in [0.15, 0.2) is 0 Å². The molecule has 2 aliphatic rings. The van der Waals surface area contributed by atoms with Gasteiger partial charge in [0.2, 0.25) is 5.95 Å². The smallest absolute Gasteiger partial charge is 0.255 e. The van der Waals surface area contributed by atoms with Crippen LogP contribution in [0, 0.1) is 0 Å². The van der Waals surface area contributed by atoms with E-state index >= 15 is 0 Å². The molecule has 1 aliphatic carbocycles. The first-order valence-electron chi connectivity index (χ1n) is 10.4. The Hall–Kier alpha value is -3.22. The molecular weight excluding hydrogens is 378 g/mol. The van der Waals surface area contributed by atoms with Crippen LogP contribution in [-0.2, 0) is 11.8 Å². The van der Waals surface area contributed by atoms with Crippen LogP contribution < -0.4 is 10.5 Å². The number of amides is 1. The molecule has 2 aromatic heterocycles. The molecular formula is C23H25N5O2. The fourth-order valence-electron chi connectivity index (χ4n) is 4.94. The zero-order valence-corrected chi connectivity index (χ0v) is 17.3. The Labute approximate surface area is 174 Å². The van der Waals surface area contributed by atoms with Crippen molar-refractivity contribution >= 4 is 22.8 Å². The Kier molecular flexibility index (Phi) is 4.34. The molecule has 1 fully saturated rings. The van der Waals surface area contributed by atoms with E-state index in [4.69, 9.17) is 4.98 Å². The number of benzene rings is 1. The van der Waals surface area contributed by atoms with Gasteiger partial charge < -0.3 is 9.80 Å². The van der Waals surface area contributed by atoms with Gasteiger partial charge in [-0.2, -0.15) is 0 Å². The van der Waals surface area contributed by atoms with E-state index in [9.17, 15) is 9.59 Å². The molecule has 1 unspecified atom stereocenters. The van der Waals surface area contributed by atoms with Gasteiger partial charge in [-0.3, -0.25) is 19.6 Å². The number of aromatic amines is 1. The van der Waals surface area contributed by atoms with Gasteiger partial charge in [-0.05, 0) is 49.9 Å². The number of nitrogens with zero attached hydrogens (tertiary/aromatic N) is 4. The van der Waals surface area contributed by atoms with Gasteiger partial charge in [0.1, 0.15) is 0 Å². The van der Waals surface area contributed by atoms with E-state index in [2.05, 4.69) is 9.97 Å². The Morgan fingerprint density at radius 2 is 2.10 bits per heavy atom. The molecule has 1 amide bonds. The SMILES string of the molecule is CN(C)c1nc2c(c(=O)[nH]1)CCC21CCCN(C(=O)c2ccc3ncccc3c2)C1. The number of nitrogens with one attached hydrogen (secondary N) is 1. The third-order valence-electron chi connectivity index (χ3n) is 6.50. The summed E-state index contributed by atoms with van der Waals surface area (Å²) in [5.74, 6) is 0.608. The Morgan fingerprint density at radius 3 is 2.93 bits per heavy atom. The van der Waals surface area contributed by atoms with Crippen molar-refractivity contribution in [1.82, 2.24) is 19.9 Å². The van der Waals surface area contributed by atoms with Gasteiger partial charge in [-0.1, -0.05) is 6.07 Å². The second kappa shape index (κ2) is 6.93. The maximum Gasteiger partial charge on any atom is 0.255 e. The van der Waals surface area contributed by atoms with E-state index in [1.165, 1.54) is 0 Å². The highest BCUT2D eigenvalue weighted by Gasteiger charge is 2.45. The van der Waals surface area contributed by atoms with Crippen molar-refractivity contribution in [1.29, 1.82) is 0 Å². The summed E-state index contributed by atoms with van der Waals surface area (Å²) in [6, 6.07) is 9.53. The molecule has 1 aliphatic heterocycles. The van der Waals surface area contributed by atoms with Crippen LogP contribution in [-0.4, -0.2) is 52.9 Å². The number of hydrogen-bond acceptors (Lipinski definition) is 5. The molecule has 3 aromatic rings. The molecule has 7 heteroatoms. The summed E-state index contributed by atoms with van der Waals surface area (Å²) in [6.45, 7) is 1.33. The summed E-state index contributed by atoms with van der Waals surface area (Å²) < 4.78 is 0. The van der Waals surface area contributed by atoms with Crippen LogP contribution in [0.4, 0.5) is 5.95 Å². The summed E-state index contributed by atoms with van der Waals surface area (Å²) in [5.41, 5.74) is 2.95. The summed E-state index contributed by atoms with van der Waals surface area (Å²) >= 11 is 0. The van der Waals surface area contributed by atoms with Gasteiger partial charge in [0.25, 0.3) is 11.5 Å². The van der Waals surface area contributed by atoms with Crippen molar-refractivity contribution in [2.45, 2.75) is 31.1 Å². The first kappa shape index (κ1) is 18.8. The molecule has 1 atom stereocenters. The Bertz CT molecular complexity index is 1200. The number of anilines is 1. The highest BCUT2D eigenvalue weighted by Crippen LogP contribution is 2.43. The van der Waals surface area contributed by atoms with E-state index in [1.807, 2.05) is 54.2 Å². The third-order valence-corrected chi connectivity index (χ3v) is 6.50. The molecule has 0 bridgehead atoms. The van der Waals surface area contributed by atoms with Gasteiger partial charge in [-0.15, -0.1) is 0 Å². The van der Waals surface area contributed by atoms with Crippen LogP contribution in [0.1, 0.15) is 40.9 Å². The van der Waals surface area contributed by atoms with Crippen molar-refractivity contribution in [3.05, 3.63) is 63.7 Å². The van der Waals surface area contributed by atoms with E-state index in [0.29, 0.717) is 18.1 Å². The normalized spacial score (nSPS) is 20.5. The number of pyridine rings is 1. The number of piperidine rings is 1. The highest BCUT2D eigenvalue weighted by molar-refractivity contribution is 5.98.